The molecule has 0 atom stereocenters. The van der Waals surface area contributed by atoms with Gasteiger partial charge in [0.25, 0.3) is 0 Å². The molecular weight excluding hydrogens is 497 g/mol. The van der Waals surface area contributed by atoms with Gasteiger partial charge in [0.05, 0.1) is 5.69 Å². The van der Waals surface area contributed by atoms with Crippen molar-refractivity contribution in [3.8, 4) is 0 Å². The third-order valence-corrected chi connectivity index (χ3v) is 5.99. The van der Waals surface area contributed by atoms with Crippen LogP contribution in [0.5, 0.6) is 0 Å². The Labute approximate surface area is 195 Å². The number of piperidine rings is 1. The van der Waals surface area contributed by atoms with Crippen LogP contribution in [0.2, 0.25) is 0 Å². The number of aromatic nitrogens is 1. The number of aliphatic imine (C=N–C) groups is 1. The second-order valence-corrected chi connectivity index (χ2v) is 8.78. The Kier molecular flexibility index (Phi) is 10.4. The summed E-state index contributed by atoms with van der Waals surface area (Å²) in [6.07, 6.45) is 2.47. The van der Waals surface area contributed by atoms with E-state index in [0.29, 0.717) is 18.4 Å². The third-order valence-electron chi connectivity index (χ3n) is 5.13. The van der Waals surface area contributed by atoms with Gasteiger partial charge >= 0.3 is 0 Å². The fraction of sp³-hybridized carbons (Fsp3) is 0.619. The van der Waals surface area contributed by atoms with Crippen molar-refractivity contribution in [2.45, 2.75) is 52.6 Å². The predicted octanol–water partition coefficient (Wildman–Crippen LogP) is 4.44. The standard InChI is InChI=1S/C21H33N5OS.HI/c1-4-22-21(24-14-18-12-20(16(2)3)25-27-18)23-13-17-7-9-26(10-8-17)15-19-6-5-11-28-19;/h5-6,11-12,16-17H,4,7-10,13-15H2,1-3H3,(H2,22,23,24);1H. The van der Waals surface area contributed by atoms with Crippen LogP contribution in [0.3, 0.4) is 0 Å². The fourth-order valence-corrected chi connectivity index (χ4v) is 4.13. The Hall–Kier alpha value is -1.13. The lowest BCUT2D eigenvalue weighted by molar-refractivity contribution is 0.179. The van der Waals surface area contributed by atoms with E-state index < -0.39 is 0 Å². The molecule has 3 heterocycles. The molecule has 2 N–H and O–H groups in total. The van der Waals surface area contributed by atoms with Crippen molar-refractivity contribution in [1.82, 2.24) is 20.7 Å². The summed E-state index contributed by atoms with van der Waals surface area (Å²) >= 11 is 1.85. The second kappa shape index (κ2) is 12.5. The molecule has 1 fully saturated rings. The molecule has 1 saturated heterocycles. The van der Waals surface area contributed by atoms with Crippen molar-refractivity contribution in [3.05, 3.63) is 39.9 Å². The molecule has 29 heavy (non-hydrogen) atoms. The van der Waals surface area contributed by atoms with Gasteiger partial charge in [-0.25, -0.2) is 4.99 Å². The molecule has 0 bridgehead atoms. The lowest BCUT2D eigenvalue weighted by Gasteiger charge is -2.32. The van der Waals surface area contributed by atoms with Crippen LogP contribution < -0.4 is 10.6 Å². The molecule has 0 aliphatic carbocycles. The number of rotatable bonds is 8. The van der Waals surface area contributed by atoms with Gasteiger partial charge in [0.2, 0.25) is 0 Å². The van der Waals surface area contributed by atoms with Gasteiger partial charge in [-0.3, -0.25) is 4.90 Å². The van der Waals surface area contributed by atoms with E-state index in [4.69, 9.17) is 4.52 Å². The molecule has 1 aliphatic heterocycles. The highest BCUT2D eigenvalue weighted by molar-refractivity contribution is 14.0. The monoisotopic (exact) mass is 531 g/mol. The lowest BCUT2D eigenvalue weighted by Crippen LogP contribution is -2.42. The zero-order valence-corrected chi connectivity index (χ0v) is 20.8. The van der Waals surface area contributed by atoms with Crippen molar-refractivity contribution in [2.75, 3.05) is 26.2 Å². The highest BCUT2D eigenvalue weighted by Crippen LogP contribution is 2.20. The summed E-state index contributed by atoms with van der Waals surface area (Å²) in [5.41, 5.74) is 0.984. The molecule has 8 heteroatoms. The molecule has 2 aromatic heterocycles. The van der Waals surface area contributed by atoms with E-state index in [9.17, 15) is 0 Å². The first-order chi connectivity index (χ1) is 13.6. The molecule has 162 valence electrons. The molecule has 0 spiro atoms. The maximum absolute atomic E-state index is 5.39. The third kappa shape index (κ3) is 7.90. The van der Waals surface area contributed by atoms with Gasteiger partial charge in [-0.1, -0.05) is 25.1 Å². The van der Waals surface area contributed by atoms with Crippen LogP contribution in [0.1, 0.15) is 55.9 Å². The first kappa shape index (κ1) is 24.1. The average molecular weight is 532 g/mol. The molecule has 0 amide bonds. The lowest BCUT2D eigenvalue weighted by atomic mass is 9.97. The number of hydrogen-bond donors (Lipinski definition) is 2. The Morgan fingerprint density at radius 3 is 2.76 bits per heavy atom. The molecule has 0 unspecified atom stereocenters. The smallest absolute Gasteiger partial charge is 0.191 e. The molecule has 2 aromatic rings. The summed E-state index contributed by atoms with van der Waals surface area (Å²) in [6.45, 7) is 12.1. The Balaban J connectivity index is 0.00000300. The Morgan fingerprint density at radius 2 is 2.14 bits per heavy atom. The van der Waals surface area contributed by atoms with E-state index in [1.807, 2.05) is 17.4 Å². The number of thiophene rings is 1. The highest BCUT2D eigenvalue weighted by atomic mass is 127. The largest absolute Gasteiger partial charge is 0.359 e. The zero-order chi connectivity index (χ0) is 19.8. The first-order valence-electron chi connectivity index (χ1n) is 10.4. The van der Waals surface area contributed by atoms with Crippen molar-refractivity contribution < 1.29 is 4.52 Å². The van der Waals surface area contributed by atoms with E-state index >= 15 is 0 Å². The van der Waals surface area contributed by atoms with Gasteiger partial charge in [0, 0.05) is 30.6 Å². The maximum atomic E-state index is 5.39. The van der Waals surface area contributed by atoms with Crippen LogP contribution in [0, 0.1) is 5.92 Å². The Bertz CT molecular complexity index is 723. The van der Waals surface area contributed by atoms with E-state index in [1.54, 1.807) is 0 Å². The van der Waals surface area contributed by atoms with Crippen LogP contribution >= 0.6 is 35.3 Å². The van der Waals surface area contributed by atoms with Crippen molar-refractivity contribution >= 4 is 41.3 Å². The number of nitrogens with one attached hydrogen (secondary N) is 2. The molecule has 3 rings (SSSR count). The molecule has 0 saturated carbocycles. The number of halogens is 1. The SMILES string of the molecule is CCNC(=NCc1cc(C(C)C)no1)NCC1CCN(Cc2cccs2)CC1.I. The Morgan fingerprint density at radius 1 is 1.34 bits per heavy atom. The van der Waals surface area contributed by atoms with Crippen LogP contribution in [0.15, 0.2) is 33.1 Å². The van der Waals surface area contributed by atoms with Gasteiger partial charge < -0.3 is 15.2 Å². The minimum absolute atomic E-state index is 0. The minimum Gasteiger partial charge on any atom is -0.359 e. The summed E-state index contributed by atoms with van der Waals surface area (Å²) < 4.78 is 5.39. The summed E-state index contributed by atoms with van der Waals surface area (Å²) in [6, 6.07) is 6.37. The minimum atomic E-state index is 0. The van der Waals surface area contributed by atoms with Crippen LogP contribution in [-0.4, -0.2) is 42.2 Å². The van der Waals surface area contributed by atoms with Crippen LogP contribution in [0.25, 0.3) is 0 Å². The number of hydrogen-bond acceptors (Lipinski definition) is 5. The van der Waals surface area contributed by atoms with Gasteiger partial charge in [0.15, 0.2) is 11.7 Å². The average Bonchev–Trinajstić information content (AvgIpc) is 3.37. The fourth-order valence-electron chi connectivity index (χ4n) is 3.39. The van der Waals surface area contributed by atoms with Gasteiger partial charge in [-0.05, 0) is 56.1 Å². The molecular formula is C21H34IN5OS. The normalized spacial score (nSPS) is 16.1. The van der Waals surface area contributed by atoms with Crippen LogP contribution in [0.4, 0.5) is 0 Å². The summed E-state index contributed by atoms with van der Waals surface area (Å²) in [5.74, 6) is 2.73. The van der Waals surface area contributed by atoms with E-state index in [2.05, 4.69) is 64.0 Å². The predicted molar refractivity (Wildman–Crippen MR) is 131 cm³/mol. The zero-order valence-electron chi connectivity index (χ0n) is 17.7. The van der Waals surface area contributed by atoms with Gasteiger partial charge in [0.1, 0.15) is 6.54 Å². The topological polar surface area (TPSA) is 65.7 Å². The number of guanidine groups is 1. The summed E-state index contributed by atoms with van der Waals surface area (Å²) in [5, 5.41) is 13.1. The van der Waals surface area contributed by atoms with Gasteiger partial charge in [-0.15, -0.1) is 35.3 Å². The summed E-state index contributed by atoms with van der Waals surface area (Å²) in [4.78, 5) is 8.69. The molecule has 6 nitrogen and oxygen atoms in total. The van der Waals surface area contributed by atoms with E-state index in [1.165, 1.54) is 30.8 Å². The van der Waals surface area contributed by atoms with Crippen LogP contribution in [-0.2, 0) is 13.1 Å². The molecule has 0 aromatic carbocycles. The van der Waals surface area contributed by atoms with Crippen molar-refractivity contribution in [3.63, 3.8) is 0 Å². The number of likely N-dealkylation sites (tertiary alicyclic amines) is 1. The molecule has 0 radical (unpaired) electrons. The van der Waals surface area contributed by atoms with E-state index in [0.717, 1.165) is 37.0 Å². The quantitative estimate of drug-likeness (QED) is 0.300. The summed E-state index contributed by atoms with van der Waals surface area (Å²) in [7, 11) is 0. The number of nitrogens with zero attached hydrogens (tertiary/aromatic N) is 3. The first-order valence-corrected chi connectivity index (χ1v) is 11.2. The van der Waals surface area contributed by atoms with Gasteiger partial charge in [-0.2, -0.15) is 0 Å². The van der Waals surface area contributed by atoms with E-state index in [-0.39, 0.29) is 24.0 Å². The van der Waals surface area contributed by atoms with Crippen molar-refractivity contribution in [2.24, 2.45) is 10.9 Å². The second-order valence-electron chi connectivity index (χ2n) is 7.75. The van der Waals surface area contributed by atoms with Crippen molar-refractivity contribution in [1.29, 1.82) is 0 Å². The molecule has 1 aliphatic rings. The highest BCUT2D eigenvalue weighted by Gasteiger charge is 2.19. The maximum Gasteiger partial charge on any atom is 0.191 e.